The van der Waals surface area contributed by atoms with Crippen LogP contribution < -0.4 is 0 Å². The molecule has 0 saturated carbocycles. The van der Waals surface area contributed by atoms with Crippen molar-refractivity contribution in [1.82, 2.24) is 0 Å². The molecule has 0 N–H and O–H groups in total. The van der Waals surface area contributed by atoms with E-state index in [1.807, 2.05) is 0 Å². The Hall–Kier alpha value is -1.05. The fraction of sp³-hybridized carbons (Fsp3) is 0.417. The lowest BCUT2D eigenvalue weighted by Gasteiger charge is -2.31. The van der Waals surface area contributed by atoms with E-state index in [2.05, 4.69) is 18.7 Å². The van der Waals surface area contributed by atoms with Gasteiger partial charge in [-0.2, -0.15) is 5.26 Å². The first-order valence-corrected chi connectivity index (χ1v) is 5.60. The molecule has 1 aliphatic heterocycles. The Morgan fingerprint density at radius 2 is 2.00 bits per heavy atom. The van der Waals surface area contributed by atoms with Crippen LogP contribution in [-0.2, 0) is 10.2 Å². The zero-order valence-electron chi connectivity index (χ0n) is 8.74. The summed E-state index contributed by atoms with van der Waals surface area (Å²) < 4.78 is 18.5. The van der Waals surface area contributed by atoms with Crippen molar-refractivity contribution in [3.8, 4) is 6.07 Å². The third-order valence-electron chi connectivity index (χ3n) is 3.00. The van der Waals surface area contributed by atoms with Crippen LogP contribution in [0.15, 0.2) is 23.1 Å². The summed E-state index contributed by atoms with van der Waals surface area (Å²) in [6.07, 6.45) is 1.22. The standard InChI is InChI=1S/C12H12FNOS/c13-10-5-9(6-11(16)7-10)12(8-14)1-3-15-4-2-12/h5-7,16H,1-4H2. The molecule has 1 fully saturated rings. The topological polar surface area (TPSA) is 33.0 Å². The highest BCUT2D eigenvalue weighted by molar-refractivity contribution is 7.80. The summed E-state index contributed by atoms with van der Waals surface area (Å²) in [5.41, 5.74) is 0.0981. The zero-order chi connectivity index (χ0) is 11.6. The van der Waals surface area contributed by atoms with Crippen molar-refractivity contribution in [3.63, 3.8) is 0 Å². The second kappa shape index (κ2) is 4.44. The SMILES string of the molecule is N#CC1(c2cc(F)cc(S)c2)CCOCC1. The van der Waals surface area contributed by atoms with Crippen LogP contribution in [0.25, 0.3) is 0 Å². The van der Waals surface area contributed by atoms with Gasteiger partial charge in [0.15, 0.2) is 0 Å². The van der Waals surface area contributed by atoms with Gasteiger partial charge in [0.25, 0.3) is 0 Å². The summed E-state index contributed by atoms with van der Waals surface area (Å²) >= 11 is 4.14. The minimum atomic E-state index is -0.613. The van der Waals surface area contributed by atoms with Gasteiger partial charge in [-0.1, -0.05) is 0 Å². The lowest BCUT2D eigenvalue weighted by Crippen LogP contribution is -2.32. The largest absolute Gasteiger partial charge is 0.381 e. The van der Waals surface area contributed by atoms with Gasteiger partial charge in [-0.05, 0) is 36.6 Å². The number of rotatable bonds is 1. The van der Waals surface area contributed by atoms with Crippen molar-refractivity contribution in [2.24, 2.45) is 0 Å². The molecule has 0 unspecified atom stereocenters. The minimum Gasteiger partial charge on any atom is -0.381 e. The fourth-order valence-electron chi connectivity index (χ4n) is 2.04. The molecule has 0 spiro atoms. The van der Waals surface area contributed by atoms with E-state index in [0.717, 1.165) is 0 Å². The van der Waals surface area contributed by atoms with E-state index in [1.54, 1.807) is 6.07 Å². The van der Waals surface area contributed by atoms with Crippen molar-refractivity contribution in [2.75, 3.05) is 13.2 Å². The van der Waals surface area contributed by atoms with Crippen molar-refractivity contribution >= 4 is 12.6 Å². The molecule has 0 bridgehead atoms. The molecule has 84 valence electrons. The monoisotopic (exact) mass is 237 g/mol. The number of thiol groups is 1. The molecule has 2 nitrogen and oxygen atoms in total. The molecule has 1 saturated heterocycles. The molecule has 2 rings (SSSR count). The van der Waals surface area contributed by atoms with Gasteiger partial charge in [-0.3, -0.25) is 0 Å². The predicted molar refractivity (Wildman–Crippen MR) is 61.0 cm³/mol. The van der Waals surface area contributed by atoms with Crippen molar-refractivity contribution in [1.29, 1.82) is 5.26 Å². The first-order chi connectivity index (χ1) is 7.66. The highest BCUT2D eigenvalue weighted by atomic mass is 32.1. The lowest BCUT2D eigenvalue weighted by atomic mass is 9.75. The van der Waals surface area contributed by atoms with Crippen LogP contribution in [0, 0.1) is 17.1 Å². The van der Waals surface area contributed by atoms with Crippen LogP contribution >= 0.6 is 12.6 Å². The number of hydrogen-bond acceptors (Lipinski definition) is 3. The second-order valence-electron chi connectivity index (χ2n) is 4.00. The van der Waals surface area contributed by atoms with Crippen molar-refractivity contribution in [2.45, 2.75) is 23.2 Å². The highest BCUT2D eigenvalue weighted by Crippen LogP contribution is 2.35. The lowest BCUT2D eigenvalue weighted by molar-refractivity contribution is 0.0674. The summed E-state index contributed by atoms with van der Waals surface area (Å²) in [6.45, 7) is 1.10. The Morgan fingerprint density at radius 1 is 1.31 bits per heavy atom. The third-order valence-corrected chi connectivity index (χ3v) is 3.25. The van der Waals surface area contributed by atoms with Gasteiger partial charge in [0.2, 0.25) is 0 Å². The molecule has 16 heavy (non-hydrogen) atoms. The molecule has 0 aromatic heterocycles. The van der Waals surface area contributed by atoms with Crippen LogP contribution in [0.4, 0.5) is 4.39 Å². The van der Waals surface area contributed by atoms with E-state index >= 15 is 0 Å². The first-order valence-electron chi connectivity index (χ1n) is 5.15. The van der Waals surface area contributed by atoms with Gasteiger partial charge >= 0.3 is 0 Å². The van der Waals surface area contributed by atoms with E-state index in [9.17, 15) is 9.65 Å². The van der Waals surface area contributed by atoms with Crippen LogP contribution in [0.1, 0.15) is 18.4 Å². The van der Waals surface area contributed by atoms with Crippen molar-refractivity contribution in [3.05, 3.63) is 29.6 Å². The molecule has 0 aliphatic carbocycles. The second-order valence-corrected chi connectivity index (χ2v) is 4.52. The van der Waals surface area contributed by atoms with E-state index < -0.39 is 5.41 Å². The first kappa shape index (κ1) is 11.4. The molecule has 4 heteroatoms. The van der Waals surface area contributed by atoms with Gasteiger partial charge in [0, 0.05) is 18.1 Å². The number of benzene rings is 1. The van der Waals surface area contributed by atoms with Crippen LogP contribution in [0.5, 0.6) is 0 Å². The number of ether oxygens (including phenoxy) is 1. The summed E-state index contributed by atoms with van der Waals surface area (Å²) in [4.78, 5) is 0.552. The maximum absolute atomic E-state index is 13.3. The van der Waals surface area contributed by atoms with E-state index in [0.29, 0.717) is 36.5 Å². The average molecular weight is 237 g/mol. The molecular weight excluding hydrogens is 225 g/mol. The quantitative estimate of drug-likeness (QED) is 0.762. The number of hydrogen-bond donors (Lipinski definition) is 1. The number of nitrogens with zero attached hydrogens (tertiary/aromatic N) is 1. The molecular formula is C12H12FNOS. The summed E-state index contributed by atoms with van der Waals surface area (Å²) in [5, 5.41) is 9.32. The predicted octanol–water partition coefficient (Wildman–Crippen LogP) is 2.69. The Balaban J connectivity index is 2.43. The van der Waals surface area contributed by atoms with Gasteiger partial charge in [0.1, 0.15) is 5.82 Å². The van der Waals surface area contributed by atoms with Crippen LogP contribution in [0.2, 0.25) is 0 Å². The number of nitriles is 1. The molecule has 1 aromatic rings. The van der Waals surface area contributed by atoms with Crippen LogP contribution in [0.3, 0.4) is 0 Å². The van der Waals surface area contributed by atoms with E-state index in [1.165, 1.54) is 12.1 Å². The van der Waals surface area contributed by atoms with Gasteiger partial charge < -0.3 is 4.74 Å². The Kier molecular flexibility index (Phi) is 3.17. The van der Waals surface area contributed by atoms with Crippen LogP contribution in [-0.4, -0.2) is 13.2 Å². The van der Waals surface area contributed by atoms with E-state index in [-0.39, 0.29) is 5.82 Å². The van der Waals surface area contributed by atoms with Gasteiger partial charge in [-0.15, -0.1) is 12.6 Å². The third kappa shape index (κ3) is 2.06. The van der Waals surface area contributed by atoms with Gasteiger partial charge in [-0.25, -0.2) is 4.39 Å². The maximum atomic E-state index is 13.3. The molecule has 0 radical (unpaired) electrons. The Bertz CT molecular complexity index is 415. The fourth-order valence-corrected chi connectivity index (χ4v) is 2.30. The Morgan fingerprint density at radius 3 is 2.56 bits per heavy atom. The average Bonchev–Trinajstić information content (AvgIpc) is 2.28. The zero-order valence-corrected chi connectivity index (χ0v) is 9.64. The van der Waals surface area contributed by atoms with Crippen molar-refractivity contribution < 1.29 is 9.13 Å². The smallest absolute Gasteiger partial charge is 0.124 e. The van der Waals surface area contributed by atoms with E-state index in [4.69, 9.17) is 4.74 Å². The molecule has 0 atom stereocenters. The molecule has 1 aliphatic rings. The molecule has 1 aromatic carbocycles. The summed E-state index contributed by atoms with van der Waals surface area (Å²) in [7, 11) is 0. The normalized spacial score (nSPS) is 19.1. The number of halogens is 1. The highest BCUT2D eigenvalue weighted by Gasteiger charge is 2.35. The Labute approximate surface area is 99.4 Å². The minimum absolute atomic E-state index is 0.344. The summed E-state index contributed by atoms with van der Waals surface area (Å²) in [6, 6.07) is 6.84. The summed E-state index contributed by atoms with van der Waals surface area (Å²) in [5.74, 6) is -0.344. The molecule has 0 amide bonds. The van der Waals surface area contributed by atoms with Gasteiger partial charge in [0.05, 0.1) is 11.5 Å². The molecule has 1 heterocycles. The maximum Gasteiger partial charge on any atom is 0.124 e.